The zero-order valence-electron chi connectivity index (χ0n) is 11.0. The molecule has 0 spiro atoms. The molecule has 0 aliphatic heterocycles. The van der Waals surface area contributed by atoms with Crippen LogP contribution in [0.15, 0.2) is 17.5 Å². The lowest BCUT2D eigenvalue weighted by molar-refractivity contribution is 0.250. The molecular formula is C13H23N3S. The summed E-state index contributed by atoms with van der Waals surface area (Å²) >= 11 is 1.80. The molecule has 96 valence electrons. The Kier molecular flexibility index (Phi) is 5.15. The van der Waals surface area contributed by atoms with Gasteiger partial charge in [0.2, 0.25) is 0 Å². The predicted octanol–water partition coefficient (Wildman–Crippen LogP) is 2.92. The molecule has 0 aliphatic carbocycles. The fraction of sp³-hybridized carbons (Fsp3) is 0.615. The quantitative estimate of drug-likeness (QED) is 0.580. The first-order valence-corrected chi connectivity index (χ1v) is 6.93. The van der Waals surface area contributed by atoms with Gasteiger partial charge in [0.25, 0.3) is 0 Å². The number of nitrogens with two attached hydrogens (primary N) is 1. The Morgan fingerprint density at radius 1 is 1.53 bits per heavy atom. The fourth-order valence-electron chi connectivity index (χ4n) is 1.54. The highest BCUT2D eigenvalue weighted by Gasteiger charge is 2.22. The van der Waals surface area contributed by atoms with Crippen molar-refractivity contribution < 1.29 is 0 Å². The van der Waals surface area contributed by atoms with Gasteiger partial charge in [0, 0.05) is 16.8 Å². The largest absolute Gasteiger partial charge is 0.387 e. The van der Waals surface area contributed by atoms with Crippen LogP contribution in [0.2, 0.25) is 0 Å². The molecule has 0 unspecified atom stereocenters. The van der Waals surface area contributed by atoms with Gasteiger partial charge in [-0.2, -0.15) is 0 Å². The van der Waals surface area contributed by atoms with Gasteiger partial charge in [0.05, 0.1) is 5.84 Å². The van der Waals surface area contributed by atoms with Crippen LogP contribution in [-0.2, 0) is 6.54 Å². The van der Waals surface area contributed by atoms with Crippen molar-refractivity contribution in [1.82, 2.24) is 4.90 Å². The van der Waals surface area contributed by atoms with E-state index in [1.165, 1.54) is 4.88 Å². The normalized spacial score (nSPS) is 12.0. The van der Waals surface area contributed by atoms with Crippen molar-refractivity contribution in [1.29, 1.82) is 5.41 Å². The van der Waals surface area contributed by atoms with Gasteiger partial charge in [0.1, 0.15) is 0 Å². The second kappa shape index (κ2) is 6.17. The van der Waals surface area contributed by atoms with Crippen LogP contribution in [0, 0.1) is 10.8 Å². The highest BCUT2D eigenvalue weighted by atomic mass is 32.1. The molecule has 0 amide bonds. The first kappa shape index (κ1) is 14.2. The molecule has 1 rings (SSSR count). The lowest BCUT2D eigenvalue weighted by Gasteiger charge is -2.27. The SMILES string of the molecule is CCN(CCC(C)(C)C(=N)N)Cc1cccs1. The molecule has 0 saturated carbocycles. The van der Waals surface area contributed by atoms with Crippen molar-refractivity contribution in [3.05, 3.63) is 22.4 Å². The highest BCUT2D eigenvalue weighted by molar-refractivity contribution is 7.09. The van der Waals surface area contributed by atoms with Crippen LogP contribution in [-0.4, -0.2) is 23.8 Å². The van der Waals surface area contributed by atoms with Crippen molar-refractivity contribution in [2.45, 2.75) is 33.7 Å². The third kappa shape index (κ3) is 4.48. The number of nitrogens with zero attached hydrogens (tertiary/aromatic N) is 1. The van der Waals surface area contributed by atoms with E-state index in [9.17, 15) is 0 Å². The first-order valence-electron chi connectivity index (χ1n) is 6.05. The van der Waals surface area contributed by atoms with E-state index < -0.39 is 0 Å². The van der Waals surface area contributed by atoms with Crippen molar-refractivity contribution in [3.8, 4) is 0 Å². The van der Waals surface area contributed by atoms with Gasteiger partial charge in [-0.3, -0.25) is 10.3 Å². The van der Waals surface area contributed by atoms with Gasteiger partial charge in [-0.15, -0.1) is 11.3 Å². The summed E-state index contributed by atoms with van der Waals surface area (Å²) in [7, 11) is 0. The van der Waals surface area contributed by atoms with Crippen LogP contribution in [0.4, 0.5) is 0 Å². The molecule has 0 aliphatic rings. The number of thiophene rings is 1. The maximum Gasteiger partial charge on any atom is 0.0963 e. The van der Waals surface area contributed by atoms with Crippen molar-refractivity contribution in [3.63, 3.8) is 0 Å². The third-order valence-corrected chi connectivity index (χ3v) is 4.05. The second-order valence-corrected chi connectivity index (χ2v) is 6.03. The van der Waals surface area contributed by atoms with Gasteiger partial charge in [-0.1, -0.05) is 26.8 Å². The van der Waals surface area contributed by atoms with Crippen molar-refractivity contribution in [2.24, 2.45) is 11.1 Å². The number of rotatable bonds is 7. The van der Waals surface area contributed by atoms with Gasteiger partial charge in [0.15, 0.2) is 0 Å². The lowest BCUT2D eigenvalue weighted by atomic mass is 9.88. The summed E-state index contributed by atoms with van der Waals surface area (Å²) in [5, 5.41) is 9.67. The average Bonchev–Trinajstić information content (AvgIpc) is 2.76. The minimum absolute atomic E-state index is 0.192. The summed E-state index contributed by atoms with van der Waals surface area (Å²) in [6, 6.07) is 4.26. The molecule has 0 aromatic carbocycles. The Morgan fingerprint density at radius 3 is 2.71 bits per heavy atom. The molecular weight excluding hydrogens is 230 g/mol. The zero-order chi connectivity index (χ0) is 12.9. The molecule has 4 heteroatoms. The van der Waals surface area contributed by atoms with Crippen LogP contribution in [0.25, 0.3) is 0 Å². The van der Waals surface area contributed by atoms with Gasteiger partial charge in [-0.25, -0.2) is 0 Å². The topological polar surface area (TPSA) is 53.1 Å². The van der Waals surface area contributed by atoms with E-state index in [0.717, 1.165) is 26.1 Å². The standard InChI is InChI=1S/C13H23N3S/c1-4-16(10-11-6-5-9-17-11)8-7-13(2,3)12(14)15/h5-6,9H,4,7-8,10H2,1-3H3,(H3,14,15). The Morgan fingerprint density at radius 2 is 2.24 bits per heavy atom. The molecule has 0 atom stereocenters. The van der Waals surface area contributed by atoms with E-state index in [4.69, 9.17) is 11.1 Å². The number of hydrogen-bond donors (Lipinski definition) is 2. The summed E-state index contributed by atoms with van der Waals surface area (Å²) in [6.07, 6.45) is 0.932. The Balaban J connectivity index is 2.45. The maximum absolute atomic E-state index is 7.56. The zero-order valence-corrected chi connectivity index (χ0v) is 11.8. The second-order valence-electron chi connectivity index (χ2n) is 5.00. The van der Waals surface area contributed by atoms with E-state index in [-0.39, 0.29) is 11.3 Å². The Bertz CT molecular complexity index is 344. The third-order valence-electron chi connectivity index (χ3n) is 3.19. The Labute approximate surface area is 108 Å². The maximum atomic E-state index is 7.56. The summed E-state index contributed by atoms with van der Waals surface area (Å²) < 4.78 is 0. The highest BCUT2D eigenvalue weighted by Crippen LogP contribution is 2.21. The van der Waals surface area contributed by atoms with Gasteiger partial charge in [-0.05, 0) is 31.0 Å². The van der Waals surface area contributed by atoms with Crippen molar-refractivity contribution >= 4 is 17.2 Å². The van der Waals surface area contributed by atoms with Crippen LogP contribution < -0.4 is 5.73 Å². The number of nitrogens with one attached hydrogen (secondary N) is 1. The van der Waals surface area contributed by atoms with E-state index in [2.05, 4.69) is 29.3 Å². The summed E-state index contributed by atoms with van der Waals surface area (Å²) in [6.45, 7) is 9.27. The molecule has 0 bridgehead atoms. The Hall–Kier alpha value is -0.870. The van der Waals surface area contributed by atoms with E-state index in [0.29, 0.717) is 0 Å². The molecule has 17 heavy (non-hydrogen) atoms. The minimum Gasteiger partial charge on any atom is -0.387 e. The van der Waals surface area contributed by atoms with Crippen molar-refractivity contribution in [2.75, 3.05) is 13.1 Å². The molecule has 0 radical (unpaired) electrons. The van der Waals surface area contributed by atoms with E-state index in [1.807, 2.05) is 13.8 Å². The first-order chi connectivity index (χ1) is 7.95. The molecule has 0 fully saturated rings. The van der Waals surface area contributed by atoms with Crippen LogP contribution in [0.5, 0.6) is 0 Å². The predicted molar refractivity (Wildman–Crippen MR) is 75.6 cm³/mol. The average molecular weight is 253 g/mol. The summed E-state index contributed by atoms with van der Waals surface area (Å²) in [5.41, 5.74) is 5.41. The van der Waals surface area contributed by atoms with E-state index >= 15 is 0 Å². The molecule has 1 aromatic heterocycles. The molecule has 1 heterocycles. The monoisotopic (exact) mass is 253 g/mol. The number of amidine groups is 1. The minimum atomic E-state index is -0.192. The van der Waals surface area contributed by atoms with Gasteiger partial charge < -0.3 is 5.73 Å². The van der Waals surface area contributed by atoms with Crippen LogP contribution >= 0.6 is 11.3 Å². The molecule has 3 N–H and O–H groups in total. The smallest absolute Gasteiger partial charge is 0.0963 e. The number of hydrogen-bond acceptors (Lipinski definition) is 3. The van der Waals surface area contributed by atoms with Crippen LogP contribution in [0.3, 0.4) is 0 Å². The van der Waals surface area contributed by atoms with E-state index in [1.54, 1.807) is 11.3 Å². The summed E-state index contributed by atoms with van der Waals surface area (Å²) in [5.74, 6) is 0.282. The molecule has 3 nitrogen and oxygen atoms in total. The van der Waals surface area contributed by atoms with Gasteiger partial charge >= 0.3 is 0 Å². The molecule has 1 aromatic rings. The fourth-order valence-corrected chi connectivity index (χ4v) is 2.29. The van der Waals surface area contributed by atoms with Crippen LogP contribution in [0.1, 0.15) is 32.1 Å². The summed E-state index contributed by atoms with van der Waals surface area (Å²) in [4.78, 5) is 3.80. The lowest BCUT2D eigenvalue weighted by Crippen LogP contribution is -2.35. The molecule has 0 saturated heterocycles.